The van der Waals surface area contributed by atoms with E-state index in [2.05, 4.69) is 48.8 Å². The molecule has 1 aliphatic heterocycles. The molecule has 4 heteroatoms. The Morgan fingerprint density at radius 2 is 2.00 bits per heavy atom. The molecule has 2 heterocycles. The van der Waals surface area contributed by atoms with Crippen molar-refractivity contribution in [2.75, 3.05) is 18.0 Å². The van der Waals surface area contributed by atoms with Crippen LogP contribution in [0.15, 0.2) is 41.3 Å². The number of benzene rings is 1. The molecule has 128 valence electrons. The first-order valence-corrected chi connectivity index (χ1v) is 8.80. The molecule has 0 amide bonds. The predicted octanol–water partition coefficient (Wildman–Crippen LogP) is 3.31. The Bertz CT molecular complexity index is 779. The summed E-state index contributed by atoms with van der Waals surface area (Å²) in [6, 6.07) is 10.7. The lowest BCUT2D eigenvalue weighted by atomic mass is 9.98. The van der Waals surface area contributed by atoms with E-state index >= 15 is 0 Å². The number of nitrogens with zero attached hydrogens (tertiary/aromatic N) is 3. The molecule has 0 spiro atoms. The second-order valence-corrected chi connectivity index (χ2v) is 6.85. The molecule has 4 nitrogen and oxygen atoms in total. The standard InChI is InChI=1S/C20H27N3O/c1-5-22-12-10-16-8-9-18(13-17(16)14-22)23(15(2)3)19-7-6-11-21(4)20(19)24/h6-9,11,13,15H,5,10,12,14H2,1-4H3. The summed E-state index contributed by atoms with van der Waals surface area (Å²) in [4.78, 5) is 17.2. The second-order valence-electron chi connectivity index (χ2n) is 6.85. The lowest BCUT2D eigenvalue weighted by Crippen LogP contribution is -2.33. The molecule has 0 aliphatic carbocycles. The van der Waals surface area contributed by atoms with Gasteiger partial charge in [0.2, 0.25) is 0 Å². The van der Waals surface area contributed by atoms with Crippen molar-refractivity contribution < 1.29 is 0 Å². The molecule has 1 aromatic carbocycles. The van der Waals surface area contributed by atoms with Crippen LogP contribution in [0.5, 0.6) is 0 Å². The molecule has 0 saturated carbocycles. The number of hydrogen-bond acceptors (Lipinski definition) is 3. The molecule has 24 heavy (non-hydrogen) atoms. The molecule has 1 aromatic heterocycles. The van der Waals surface area contributed by atoms with Gasteiger partial charge in [-0.15, -0.1) is 0 Å². The molecule has 0 unspecified atom stereocenters. The van der Waals surface area contributed by atoms with E-state index in [9.17, 15) is 4.79 Å². The van der Waals surface area contributed by atoms with Gasteiger partial charge in [0.25, 0.3) is 5.56 Å². The minimum atomic E-state index is 0.0408. The number of aromatic nitrogens is 1. The van der Waals surface area contributed by atoms with Crippen LogP contribution in [0.1, 0.15) is 31.9 Å². The van der Waals surface area contributed by atoms with Crippen molar-refractivity contribution in [1.82, 2.24) is 9.47 Å². The van der Waals surface area contributed by atoms with Crippen molar-refractivity contribution in [3.63, 3.8) is 0 Å². The normalized spacial score (nSPS) is 14.7. The fourth-order valence-electron chi connectivity index (χ4n) is 3.50. The fraction of sp³-hybridized carbons (Fsp3) is 0.450. The average molecular weight is 325 g/mol. The number of aryl methyl sites for hydroxylation is 1. The third kappa shape index (κ3) is 3.11. The van der Waals surface area contributed by atoms with Crippen LogP contribution in [0.2, 0.25) is 0 Å². The van der Waals surface area contributed by atoms with Crippen LogP contribution in [-0.2, 0) is 20.0 Å². The Balaban J connectivity index is 2.04. The maximum atomic E-state index is 12.6. The van der Waals surface area contributed by atoms with E-state index in [1.807, 2.05) is 12.1 Å². The molecule has 0 N–H and O–H groups in total. The number of hydrogen-bond donors (Lipinski definition) is 0. The predicted molar refractivity (Wildman–Crippen MR) is 100 cm³/mol. The van der Waals surface area contributed by atoms with Crippen molar-refractivity contribution in [1.29, 1.82) is 0 Å². The van der Waals surface area contributed by atoms with E-state index in [-0.39, 0.29) is 11.6 Å². The second kappa shape index (κ2) is 6.81. The summed E-state index contributed by atoms with van der Waals surface area (Å²) in [5, 5.41) is 0. The highest BCUT2D eigenvalue weighted by molar-refractivity contribution is 5.64. The van der Waals surface area contributed by atoms with Gasteiger partial charge in [-0.1, -0.05) is 13.0 Å². The third-order valence-corrected chi connectivity index (χ3v) is 4.89. The highest BCUT2D eigenvalue weighted by Gasteiger charge is 2.20. The van der Waals surface area contributed by atoms with Gasteiger partial charge in [-0.3, -0.25) is 9.69 Å². The Kier molecular flexibility index (Phi) is 4.76. The zero-order valence-electron chi connectivity index (χ0n) is 15.1. The van der Waals surface area contributed by atoms with Crippen LogP contribution in [-0.4, -0.2) is 28.6 Å². The van der Waals surface area contributed by atoms with Gasteiger partial charge in [0.05, 0.1) is 0 Å². The molecule has 0 fully saturated rings. The smallest absolute Gasteiger partial charge is 0.274 e. The zero-order chi connectivity index (χ0) is 17.3. The van der Waals surface area contributed by atoms with E-state index in [0.29, 0.717) is 0 Å². The lowest BCUT2D eigenvalue weighted by Gasteiger charge is -2.32. The quantitative estimate of drug-likeness (QED) is 0.863. The number of pyridine rings is 1. The van der Waals surface area contributed by atoms with Crippen molar-refractivity contribution in [3.05, 3.63) is 58.0 Å². The molecular formula is C20H27N3O. The molecule has 0 atom stereocenters. The summed E-state index contributed by atoms with van der Waals surface area (Å²) in [6.45, 7) is 9.68. The van der Waals surface area contributed by atoms with Gasteiger partial charge in [0, 0.05) is 38.1 Å². The Morgan fingerprint density at radius 3 is 2.71 bits per heavy atom. The molecular weight excluding hydrogens is 298 g/mol. The SMILES string of the molecule is CCN1CCc2ccc(N(c3cccn(C)c3=O)C(C)C)cc2C1. The van der Waals surface area contributed by atoms with Crippen LogP contribution >= 0.6 is 0 Å². The molecule has 1 aliphatic rings. The van der Waals surface area contributed by atoms with Gasteiger partial charge in [-0.2, -0.15) is 0 Å². The minimum Gasteiger partial charge on any atom is -0.334 e. The van der Waals surface area contributed by atoms with Gasteiger partial charge >= 0.3 is 0 Å². The number of anilines is 2. The molecule has 3 rings (SSSR count). The van der Waals surface area contributed by atoms with Gasteiger partial charge in [-0.05, 0) is 62.2 Å². The first-order chi connectivity index (χ1) is 11.5. The van der Waals surface area contributed by atoms with Crippen LogP contribution in [0.25, 0.3) is 0 Å². The van der Waals surface area contributed by atoms with E-state index < -0.39 is 0 Å². The van der Waals surface area contributed by atoms with Crippen molar-refractivity contribution in [2.24, 2.45) is 7.05 Å². The minimum absolute atomic E-state index is 0.0408. The summed E-state index contributed by atoms with van der Waals surface area (Å²) < 4.78 is 1.64. The maximum absolute atomic E-state index is 12.6. The van der Waals surface area contributed by atoms with Gasteiger partial charge < -0.3 is 9.47 Å². The summed E-state index contributed by atoms with van der Waals surface area (Å²) in [6.07, 6.45) is 2.91. The van der Waals surface area contributed by atoms with Crippen molar-refractivity contribution in [2.45, 2.75) is 39.8 Å². The molecule has 0 saturated heterocycles. The first kappa shape index (κ1) is 16.8. The largest absolute Gasteiger partial charge is 0.334 e. The Labute approximate surface area is 144 Å². The highest BCUT2D eigenvalue weighted by Crippen LogP contribution is 2.29. The van der Waals surface area contributed by atoms with Gasteiger partial charge in [0.15, 0.2) is 0 Å². The summed E-state index contributed by atoms with van der Waals surface area (Å²) in [5.74, 6) is 0. The van der Waals surface area contributed by atoms with Crippen LogP contribution in [0.3, 0.4) is 0 Å². The molecule has 2 aromatic rings. The van der Waals surface area contributed by atoms with E-state index in [1.54, 1.807) is 17.8 Å². The van der Waals surface area contributed by atoms with E-state index in [0.717, 1.165) is 37.4 Å². The number of fused-ring (bicyclic) bond motifs is 1. The first-order valence-electron chi connectivity index (χ1n) is 8.80. The number of rotatable bonds is 4. The van der Waals surface area contributed by atoms with Gasteiger partial charge in [-0.25, -0.2) is 0 Å². The highest BCUT2D eigenvalue weighted by atomic mass is 16.1. The average Bonchev–Trinajstić information content (AvgIpc) is 2.58. The number of likely N-dealkylation sites (N-methyl/N-ethyl adjacent to an activating group) is 1. The Hall–Kier alpha value is -2.07. The maximum Gasteiger partial charge on any atom is 0.274 e. The summed E-state index contributed by atoms with van der Waals surface area (Å²) >= 11 is 0. The van der Waals surface area contributed by atoms with Crippen LogP contribution in [0.4, 0.5) is 11.4 Å². The topological polar surface area (TPSA) is 28.5 Å². The third-order valence-electron chi connectivity index (χ3n) is 4.89. The van der Waals surface area contributed by atoms with Gasteiger partial charge in [0.1, 0.15) is 5.69 Å². The molecule has 0 bridgehead atoms. The Morgan fingerprint density at radius 1 is 1.21 bits per heavy atom. The molecule has 0 radical (unpaired) electrons. The van der Waals surface area contributed by atoms with E-state index in [4.69, 9.17) is 0 Å². The van der Waals surface area contributed by atoms with Crippen LogP contribution in [0, 0.1) is 0 Å². The zero-order valence-corrected chi connectivity index (χ0v) is 15.1. The van der Waals surface area contributed by atoms with E-state index in [1.165, 1.54) is 11.1 Å². The lowest BCUT2D eigenvalue weighted by molar-refractivity contribution is 0.268. The van der Waals surface area contributed by atoms with Crippen LogP contribution < -0.4 is 10.5 Å². The summed E-state index contributed by atoms with van der Waals surface area (Å²) in [7, 11) is 1.80. The summed E-state index contributed by atoms with van der Waals surface area (Å²) in [5.41, 5.74) is 4.70. The monoisotopic (exact) mass is 325 g/mol. The fourth-order valence-corrected chi connectivity index (χ4v) is 3.50. The van der Waals surface area contributed by atoms with Crippen molar-refractivity contribution >= 4 is 11.4 Å². The van der Waals surface area contributed by atoms with Crippen molar-refractivity contribution in [3.8, 4) is 0 Å².